The lowest BCUT2D eigenvalue weighted by atomic mass is 10.1. The molecule has 0 bridgehead atoms. The van der Waals surface area contributed by atoms with Crippen LogP contribution < -0.4 is 10.6 Å². The second kappa shape index (κ2) is 9.84. The number of benzene rings is 2. The minimum Gasteiger partial charge on any atom is -0.368 e. The van der Waals surface area contributed by atoms with Gasteiger partial charge in [0, 0.05) is 32.6 Å². The van der Waals surface area contributed by atoms with Gasteiger partial charge in [-0.2, -0.15) is 9.29 Å². The molecule has 2 aromatic heterocycles. The van der Waals surface area contributed by atoms with Gasteiger partial charge in [0.1, 0.15) is 11.3 Å². The Labute approximate surface area is 207 Å². The number of rotatable bonds is 7. The first-order valence-corrected chi connectivity index (χ1v) is 13.7. The summed E-state index contributed by atoms with van der Waals surface area (Å²) < 4.78 is 40.5. The topological polar surface area (TPSA) is 105 Å². The Morgan fingerprint density at radius 2 is 1.60 bits per heavy atom. The van der Waals surface area contributed by atoms with Crippen LogP contribution >= 0.6 is 11.3 Å². The average molecular weight is 513 g/mol. The minimum absolute atomic E-state index is 0.0119. The minimum atomic E-state index is -3.41. The molecule has 4 aromatic rings. The van der Waals surface area contributed by atoms with Crippen LogP contribution in [0.15, 0.2) is 54.6 Å². The highest BCUT2D eigenvalue weighted by molar-refractivity contribution is 7.88. The molecule has 0 saturated carbocycles. The highest BCUT2D eigenvalue weighted by atomic mass is 32.2. The number of nitrogen functional groups attached to an aromatic ring is 1. The van der Waals surface area contributed by atoms with Crippen molar-refractivity contribution < 1.29 is 12.8 Å². The first-order valence-electron chi connectivity index (χ1n) is 11.3. The number of halogens is 1. The van der Waals surface area contributed by atoms with E-state index in [1.165, 1.54) is 27.8 Å². The van der Waals surface area contributed by atoms with Crippen LogP contribution in [0.3, 0.4) is 0 Å². The van der Waals surface area contributed by atoms with E-state index in [1.54, 1.807) is 12.1 Å². The van der Waals surface area contributed by atoms with E-state index >= 15 is 0 Å². The van der Waals surface area contributed by atoms with Gasteiger partial charge in [-0.25, -0.2) is 22.8 Å². The van der Waals surface area contributed by atoms with Crippen LogP contribution in [-0.4, -0.2) is 53.9 Å². The molecule has 11 heteroatoms. The van der Waals surface area contributed by atoms with E-state index < -0.39 is 10.0 Å². The highest BCUT2D eigenvalue weighted by Gasteiger charge is 2.29. The van der Waals surface area contributed by atoms with Crippen molar-refractivity contribution >= 4 is 43.5 Å². The molecule has 1 aliphatic rings. The van der Waals surface area contributed by atoms with Crippen LogP contribution in [-0.2, 0) is 28.6 Å². The molecular formula is C24H25FN6O2S2. The van der Waals surface area contributed by atoms with Crippen LogP contribution in [0.25, 0.3) is 10.3 Å². The van der Waals surface area contributed by atoms with Crippen LogP contribution in [0.5, 0.6) is 0 Å². The summed E-state index contributed by atoms with van der Waals surface area (Å²) in [5.74, 6) is 0.538. The summed E-state index contributed by atoms with van der Waals surface area (Å²) in [5, 5.41) is 0.898. The molecule has 1 aliphatic heterocycles. The zero-order valence-electron chi connectivity index (χ0n) is 19.0. The van der Waals surface area contributed by atoms with E-state index in [1.807, 2.05) is 35.2 Å². The number of hydrogen-bond donors (Lipinski definition) is 1. The molecule has 182 valence electrons. The van der Waals surface area contributed by atoms with Crippen molar-refractivity contribution in [3.63, 3.8) is 0 Å². The number of aromatic nitrogens is 3. The molecule has 0 atom stereocenters. The molecular weight excluding hydrogens is 487 g/mol. The molecule has 0 spiro atoms. The normalized spacial score (nSPS) is 15.1. The molecule has 0 unspecified atom stereocenters. The number of thiazole rings is 1. The molecule has 8 nitrogen and oxygen atoms in total. The third-order valence-corrected chi connectivity index (χ3v) is 8.83. The second-order valence-electron chi connectivity index (χ2n) is 8.42. The van der Waals surface area contributed by atoms with E-state index in [4.69, 9.17) is 10.7 Å². The number of nitrogens with two attached hydrogens (primary N) is 1. The first kappa shape index (κ1) is 23.6. The van der Waals surface area contributed by atoms with Crippen LogP contribution in [0, 0.1) is 5.82 Å². The van der Waals surface area contributed by atoms with Crippen molar-refractivity contribution in [2.75, 3.05) is 36.8 Å². The predicted octanol–water partition coefficient (Wildman–Crippen LogP) is 3.24. The first-order chi connectivity index (χ1) is 16.9. The van der Waals surface area contributed by atoms with Gasteiger partial charge in [-0.3, -0.25) is 0 Å². The number of aryl methyl sites for hydroxylation is 2. The van der Waals surface area contributed by atoms with Gasteiger partial charge in [0.25, 0.3) is 0 Å². The van der Waals surface area contributed by atoms with Gasteiger partial charge < -0.3 is 10.6 Å². The standard InChI is InChI=1S/C24H25FN6O2S2/c25-19-9-6-17(7-10-19)8-11-20-27-21-22(28-24(26)29-23(21)34-20)30-12-14-31(15-13-30)35(32,33)16-18-4-2-1-3-5-18/h1-7,9-10H,8,11-16H2,(H2,26,28,29). The van der Waals surface area contributed by atoms with Crippen molar-refractivity contribution in [3.05, 3.63) is 76.5 Å². The van der Waals surface area contributed by atoms with Gasteiger partial charge in [-0.1, -0.05) is 53.8 Å². The second-order valence-corrected chi connectivity index (χ2v) is 11.5. The number of hydrogen-bond acceptors (Lipinski definition) is 8. The van der Waals surface area contributed by atoms with E-state index in [0.717, 1.165) is 22.6 Å². The Morgan fingerprint density at radius 3 is 2.31 bits per heavy atom. The van der Waals surface area contributed by atoms with Crippen molar-refractivity contribution in [2.45, 2.75) is 18.6 Å². The summed E-state index contributed by atoms with van der Waals surface area (Å²) in [6.07, 6.45) is 1.42. The van der Waals surface area contributed by atoms with E-state index in [0.29, 0.717) is 48.8 Å². The fourth-order valence-electron chi connectivity index (χ4n) is 4.15. The zero-order chi connectivity index (χ0) is 24.4. The van der Waals surface area contributed by atoms with Gasteiger partial charge in [-0.05, 0) is 29.7 Å². The lowest BCUT2D eigenvalue weighted by molar-refractivity contribution is 0.383. The predicted molar refractivity (Wildman–Crippen MR) is 136 cm³/mol. The molecule has 0 radical (unpaired) electrons. The maximum atomic E-state index is 13.2. The maximum absolute atomic E-state index is 13.2. The lowest BCUT2D eigenvalue weighted by Gasteiger charge is -2.34. The monoisotopic (exact) mass is 512 g/mol. The molecule has 35 heavy (non-hydrogen) atoms. The quantitative estimate of drug-likeness (QED) is 0.405. The Kier molecular flexibility index (Phi) is 6.63. The van der Waals surface area contributed by atoms with Crippen molar-refractivity contribution in [1.82, 2.24) is 19.3 Å². The SMILES string of the molecule is Nc1nc(N2CCN(S(=O)(=O)Cc3ccccc3)CC2)c2nc(CCc3ccc(F)cc3)sc2n1. The number of fused-ring (bicyclic) bond motifs is 1. The number of sulfonamides is 1. The number of anilines is 2. The molecule has 1 fully saturated rings. The van der Waals surface area contributed by atoms with Crippen LogP contribution in [0.1, 0.15) is 16.1 Å². The molecule has 2 aromatic carbocycles. The van der Waals surface area contributed by atoms with Gasteiger partial charge in [0.15, 0.2) is 10.6 Å². The Morgan fingerprint density at radius 1 is 0.886 bits per heavy atom. The van der Waals surface area contributed by atoms with E-state index in [-0.39, 0.29) is 17.5 Å². The smallest absolute Gasteiger partial charge is 0.223 e. The molecule has 0 aliphatic carbocycles. The summed E-state index contributed by atoms with van der Waals surface area (Å²) in [7, 11) is -3.41. The Balaban J connectivity index is 1.29. The summed E-state index contributed by atoms with van der Waals surface area (Å²) in [5.41, 5.74) is 8.48. The summed E-state index contributed by atoms with van der Waals surface area (Å²) in [6, 6.07) is 15.7. The Bertz CT molecular complexity index is 1420. The summed E-state index contributed by atoms with van der Waals surface area (Å²) in [6.45, 7) is 1.70. The van der Waals surface area contributed by atoms with Gasteiger partial charge >= 0.3 is 0 Å². The third-order valence-electron chi connectivity index (χ3n) is 5.97. The van der Waals surface area contributed by atoms with E-state index in [2.05, 4.69) is 9.97 Å². The molecule has 2 N–H and O–H groups in total. The van der Waals surface area contributed by atoms with Gasteiger partial charge in [0.05, 0.1) is 10.8 Å². The highest BCUT2D eigenvalue weighted by Crippen LogP contribution is 2.30. The van der Waals surface area contributed by atoms with Crippen LogP contribution in [0.2, 0.25) is 0 Å². The van der Waals surface area contributed by atoms with Crippen molar-refractivity contribution in [3.8, 4) is 0 Å². The number of piperazine rings is 1. The fourth-order valence-corrected chi connectivity index (χ4v) is 6.60. The molecule has 3 heterocycles. The average Bonchev–Trinajstić information content (AvgIpc) is 3.26. The zero-order valence-corrected chi connectivity index (χ0v) is 20.6. The van der Waals surface area contributed by atoms with Crippen molar-refractivity contribution in [2.24, 2.45) is 0 Å². The summed E-state index contributed by atoms with van der Waals surface area (Å²) >= 11 is 1.47. The maximum Gasteiger partial charge on any atom is 0.223 e. The molecule has 1 saturated heterocycles. The van der Waals surface area contributed by atoms with Gasteiger partial charge in [-0.15, -0.1) is 0 Å². The largest absolute Gasteiger partial charge is 0.368 e. The summed E-state index contributed by atoms with van der Waals surface area (Å²) in [4.78, 5) is 16.3. The Hall–Kier alpha value is -3.15. The van der Waals surface area contributed by atoms with Gasteiger partial charge in [0.2, 0.25) is 16.0 Å². The third kappa shape index (κ3) is 5.42. The lowest BCUT2D eigenvalue weighted by Crippen LogP contribution is -2.49. The van der Waals surface area contributed by atoms with Crippen LogP contribution in [0.4, 0.5) is 16.2 Å². The van der Waals surface area contributed by atoms with Crippen molar-refractivity contribution in [1.29, 1.82) is 0 Å². The number of nitrogens with zero attached hydrogens (tertiary/aromatic N) is 5. The fraction of sp³-hybridized carbons (Fsp3) is 0.292. The molecule has 5 rings (SSSR count). The van der Waals surface area contributed by atoms with E-state index in [9.17, 15) is 12.8 Å². The molecule has 0 amide bonds.